The summed E-state index contributed by atoms with van der Waals surface area (Å²) in [6, 6.07) is 2.64. The fourth-order valence-corrected chi connectivity index (χ4v) is 3.48. The van der Waals surface area contributed by atoms with Crippen LogP contribution in [0.5, 0.6) is 0 Å². The molecule has 0 spiro atoms. The summed E-state index contributed by atoms with van der Waals surface area (Å²) in [5.41, 5.74) is 2.13. The highest BCUT2D eigenvalue weighted by Gasteiger charge is 2.60. The predicted octanol–water partition coefficient (Wildman–Crippen LogP) is 3.71. The van der Waals surface area contributed by atoms with Crippen molar-refractivity contribution >= 4 is 17.6 Å². The minimum absolute atomic E-state index is 0.248. The van der Waals surface area contributed by atoms with Crippen LogP contribution in [0.2, 0.25) is 0 Å². The van der Waals surface area contributed by atoms with Gasteiger partial charge in [-0.25, -0.2) is 9.38 Å². The molecule has 1 aliphatic rings. The van der Waals surface area contributed by atoms with Crippen molar-refractivity contribution in [1.82, 2.24) is 4.90 Å². The normalized spacial score (nSPS) is 22.0. The fraction of sp³-hybridized carbons (Fsp3) is 0.526. The first kappa shape index (κ1) is 24.6. The van der Waals surface area contributed by atoms with Crippen LogP contribution in [0.1, 0.15) is 31.9 Å². The molecule has 12 heteroatoms. The van der Waals surface area contributed by atoms with Gasteiger partial charge in [0.05, 0.1) is 5.41 Å². The molecule has 0 fully saturated rings. The van der Waals surface area contributed by atoms with Crippen molar-refractivity contribution in [3.8, 4) is 0 Å². The second kappa shape index (κ2) is 7.49. The Bertz CT molecular complexity index is 923. The fourth-order valence-electron chi connectivity index (χ4n) is 3.48. The van der Waals surface area contributed by atoms with Crippen molar-refractivity contribution in [2.24, 2.45) is 22.1 Å². The quantitative estimate of drug-likeness (QED) is 0.704. The number of rotatable bonds is 4. The number of guanidine groups is 1. The maximum Gasteiger partial charge on any atom is 0.407 e. The summed E-state index contributed by atoms with van der Waals surface area (Å²) >= 11 is 0. The molecule has 2 rings (SSSR count). The van der Waals surface area contributed by atoms with E-state index in [4.69, 9.17) is 5.73 Å². The van der Waals surface area contributed by atoms with Crippen molar-refractivity contribution in [3.05, 3.63) is 35.1 Å². The zero-order valence-electron chi connectivity index (χ0n) is 17.0. The van der Waals surface area contributed by atoms with Crippen LogP contribution < -0.4 is 5.73 Å². The van der Waals surface area contributed by atoms with E-state index in [1.54, 1.807) is 0 Å². The van der Waals surface area contributed by atoms with Crippen molar-refractivity contribution in [2.45, 2.75) is 45.1 Å². The number of halogens is 7. The Balaban J connectivity index is 2.54. The summed E-state index contributed by atoms with van der Waals surface area (Å²) in [4.78, 5) is 29.8. The van der Waals surface area contributed by atoms with Gasteiger partial charge in [-0.05, 0) is 38.5 Å². The first-order valence-corrected chi connectivity index (χ1v) is 8.92. The van der Waals surface area contributed by atoms with Crippen LogP contribution >= 0.6 is 0 Å². The third kappa shape index (κ3) is 4.24. The molecule has 0 radical (unpaired) electrons. The third-order valence-corrected chi connectivity index (χ3v) is 5.65. The monoisotopic (exact) mass is 455 g/mol. The number of nitrogens with two attached hydrogens (primary N) is 1. The summed E-state index contributed by atoms with van der Waals surface area (Å²) in [5.74, 6) is -7.99. The average Bonchev–Trinajstić information content (AvgIpc) is 2.57. The molecule has 172 valence electrons. The molecule has 2 N–H and O–H groups in total. The minimum atomic E-state index is -5.83. The van der Waals surface area contributed by atoms with Gasteiger partial charge in [-0.3, -0.25) is 14.5 Å². The van der Waals surface area contributed by atoms with Gasteiger partial charge >= 0.3 is 12.4 Å². The Morgan fingerprint density at radius 2 is 1.65 bits per heavy atom. The third-order valence-electron chi connectivity index (χ3n) is 5.65. The lowest BCUT2D eigenvalue weighted by Gasteiger charge is -2.46. The van der Waals surface area contributed by atoms with E-state index in [1.165, 1.54) is 27.8 Å². The molecule has 31 heavy (non-hydrogen) atoms. The highest BCUT2D eigenvalue weighted by Crippen LogP contribution is 2.47. The number of alkyl halides is 6. The van der Waals surface area contributed by atoms with Gasteiger partial charge < -0.3 is 5.73 Å². The van der Waals surface area contributed by atoms with Crippen LogP contribution in [0, 0.1) is 17.2 Å². The van der Waals surface area contributed by atoms with E-state index in [0.29, 0.717) is 0 Å². The number of hydrogen-bond acceptors (Lipinski definition) is 4. The zero-order valence-corrected chi connectivity index (χ0v) is 17.0. The smallest absolute Gasteiger partial charge is 0.369 e. The summed E-state index contributed by atoms with van der Waals surface area (Å²) in [5, 5.41) is 0. The molecule has 1 aliphatic heterocycles. The molecule has 0 aliphatic carbocycles. The summed E-state index contributed by atoms with van der Waals surface area (Å²) < 4.78 is 91.6. The van der Waals surface area contributed by atoms with E-state index < -0.39 is 53.2 Å². The molecule has 1 atom stereocenters. The van der Waals surface area contributed by atoms with Crippen LogP contribution in [-0.4, -0.2) is 42.0 Å². The molecule has 1 heterocycles. The van der Waals surface area contributed by atoms with E-state index in [-0.39, 0.29) is 17.1 Å². The largest absolute Gasteiger partial charge is 0.407 e. The number of carbonyl (C=O) groups is 2. The Labute approximate surface area is 173 Å². The average molecular weight is 455 g/mol. The van der Waals surface area contributed by atoms with E-state index >= 15 is 0 Å². The number of amides is 1. The van der Waals surface area contributed by atoms with Crippen LogP contribution in [0.25, 0.3) is 0 Å². The lowest BCUT2D eigenvalue weighted by molar-refractivity contribution is -0.273. The number of benzene rings is 1. The van der Waals surface area contributed by atoms with Crippen molar-refractivity contribution in [2.75, 3.05) is 7.05 Å². The van der Waals surface area contributed by atoms with Gasteiger partial charge in [-0.2, -0.15) is 26.3 Å². The lowest BCUT2D eigenvalue weighted by Crippen LogP contribution is -2.58. The van der Waals surface area contributed by atoms with Gasteiger partial charge in [0.2, 0.25) is 11.8 Å². The molecular weight excluding hydrogens is 435 g/mol. The topological polar surface area (TPSA) is 75.8 Å². The second-order valence-electron chi connectivity index (χ2n) is 8.00. The van der Waals surface area contributed by atoms with E-state index in [0.717, 1.165) is 23.1 Å². The van der Waals surface area contributed by atoms with Gasteiger partial charge in [0, 0.05) is 19.0 Å². The molecule has 0 unspecified atom stereocenters. The van der Waals surface area contributed by atoms with Gasteiger partial charge in [0.25, 0.3) is 0 Å². The van der Waals surface area contributed by atoms with Gasteiger partial charge in [0.1, 0.15) is 11.4 Å². The number of aliphatic imine (C=N–C) groups is 1. The van der Waals surface area contributed by atoms with Crippen molar-refractivity contribution in [3.63, 3.8) is 0 Å². The zero-order chi connectivity index (χ0) is 24.2. The number of carbonyl (C=O) groups excluding carboxylic acids is 2. The molecular formula is C19H20F7N3O2. The Hall–Kier alpha value is -2.66. The minimum Gasteiger partial charge on any atom is -0.369 e. The molecule has 0 saturated carbocycles. The number of nitrogens with zero attached hydrogens (tertiary/aromatic N) is 2. The predicted molar refractivity (Wildman–Crippen MR) is 96.2 cm³/mol. The SMILES string of the molecule is CN1C(=O)C(C)(C)[C@@](C)(c2cc(CC(=O)C(C(F)(F)F)C(F)(F)F)ccc2F)N=C1N. The molecule has 0 bridgehead atoms. The molecule has 1 aromatic carbocycles. The van der Waals surface area contributed by atoms with Gasteiger partial charge in [-0.15, -0.1) is 0 Å². The number of ketones is 1. The van der Waals surface area contributed by atoms with Crippen molar-refractivity contribution < 1.29 is 40.3 Å². The molecule has 1 aromatic rings. The molecule has 0 saturated heterocycles. The van der Waals surface area contributed by atoms with E-state index in [1.807, 2.05) is 0 Å². The maximum absolute atomic E-state index is 14.7. The van der Waals surface area contributed by atoms with Crippen LogP contribution in [0.15, 0.2) is 23.2 Å². The first-order valence-electron chi connectivity index (χ1n) is 8.92. The van der Waals surface area contributed by atoms with Crippen LogP contribution in [0.4, 0.5) is 30.7 Å². The highest BCUT2D eigenvalue weighted by molar-refractivity contribution is 6.01. The summed E-state index contributed by atoms with van der Waals surface area (Å²) in [6.07, 6.45) is -12.9. The molecule has 5 nitrogen and oxygen atoms in total. The van der Waals surface area contributed by atoms with E-state index in [9.17, 15) is 40.3 Å². The number of Topliss-reactive ketones (excluding diaryl/α,β-unsaturated/α-hetero) is 1. The van der Waals surface area contributed by atoms with Gasteiger partial charge in [0.15, 0.2) is 11.7 Å². The standard InChI is InChI=1S/C19H20F7N3O2/c1-16(2)14(31)29(4)15(27)28-17(16,3)10-7-9(5-6-11(10)20)8-12(30)13(18(21,22)23)19(24,25)26/h5-7,13H,8H2,1-4H3,(H2,27,28)/t17-/m1/s1. The first-order chi connectivity index (χ1) is 13.8. The van der Waals surface area contributed by atoms with Crippen LogP contribution in [0.3, 0.4) is 0 Å². The van der Waals surface area contributed by atoms with E-state index in [2.05, 4.69) is 4.99 Å². The second-order valence-corrected chi connectivity index (χ2v) is 8.00. The number of hydrogen-bond donors (Lipinski definition) is 1. The molecule has 1 amide bonds. The van der Waals surface area contributed by atoms with Crippen LogP contribution in [-0.2, 0) is 21.5 Å². The Morgan fingerprint density at radius 3 is 2.13 bits per heavy atom. The van der Waals surface area contributed by atoms with Crippen molar-refractivity contribution in [1.29, 1.82) is 0 Å². The molecule has 0 aromatic heterocycles. The van der Waals surface area contributed by atoms with Gasteiger partial charge in [-0.1, -0.05) is 6.07 Å². The highest BCUT2D eigenvalue weighted by atomic mass is 19.4. The Kier molecular flexibility index (Phi) is 5.94. The summed E-state index contributed by atoms with van der Waals surface area (Å²) in [6.45, 7) is 4.26. The summed E-state index contributed by atoms with van der Waals surface area (Å²) in [7, 11) is 1.35. The Morgan fingerprint density at radius 1 is 1.13 bits per heavy atom. The maximum atomic E-state index is 14.7. The lowest BCUT2D eigenvalue weighted by atomic mass is 9.67.